The molecule has 2 heterocycles. The number of para-hydroxylation sites is 1. The molecule has 1 aliphatic heterocycles. The second-order valence-electron chi connectivity index (χ2n) is 4.97. The monoisotopic (exact) mass is 255 g/mol. The standard InChI is InChI=1S/C15H17N3O/c1-11-10-12-4-2-3-5-14(12)16-15(11)18-8-6-13(17-19)7-9-18/h2-5,10,19H,6-9H2,1H3. The van der Waals surface area contributed by atoms with Gasteiger partial charge < -0.3 is 10.1 Å². The molecule has 0 saturated carbocycles. The molecule has 0 radical (unpaired) electrons. The van der Waals surface area contributed by atoms with Crippen LogP contribution in [0, 0.1) is 6.92 Å². The van der Waals surface area contributed by atoms with Crippen molar-refractivity contribution in [2.75, 3.05) is 18.0 Å². The van der Waals surface area contributed by atoms with Gasteiger partial charge in [0.1, 0.15) is 5.82 Å². The SMILES string of the molecule is Cc1cc2ccccc2nc1N1CCC(=NO)CC1. The number of fused-ring (bicyclic) bond motifs is 1. The number of rotatable bonds is 1. The molecule has 3 rings (SSSR count). The first-order valence-corrected chi connectivity index (χ1v) is 6.59. The van der Waals surface area contributed by atoms with Gasteiger partial charge in [-0.1, -0.05) is 23.4 Å². The van der Waals surface area contributed by atoms with Crippen LogP contribution in [0.2, 0.25) is 0 Å². The lowest BCUT2D eigenvalue weighted by molar-refractivity contribution is 0.315. The minimum atomic E-state index is 0.810. The van der Waals surface area contributed by atoms with Gasteiger partial charge in [-0.15, -0.1) is 0 Å². The first-order chi connectivity index (χ1) is 9.28. The zero-order chi connectivity index (χ0) is 13.2. The zero-order valence-electron chi connectivity index (χ0n) is 11.0. The van der Waals surface area contributed by atoms with Crippen molar-refractivity contribution in [3.63, 3.8) is 0 Å². The molecule has 98 valence electrons. The van der Waals surface area contributed by atoms with Crippen LogP contribution < -0.4 is 4.90 Å². The second kappa shape index (κ2) is 4.88. The molecule has 4 heteroatoms. The predicted molar refractivity (Wildman–Crippen MR) is 77.1 cm³/mol. The predicted octanol–water partition coefficient (Wildman–Crippen LogP) is 2.97. The van der Waals surface area contributed by atoms with Crippen LogP contribution in [-0.4, -0.2) is 29.0 Å². The van der Waals surface area contributed by atoms with E-state index in [1.54, 1.807) is 0 Å². The third kappa shape index (κ3) is 2.26. The van der Waals surface area contributed by atoms with E-state index in [-0.39, 0.29) is 0 Å². The van der Waals surface area contributed by atoms with Crippen molar-refractivity contribution < 1.29 is 5.21 Å². The summed E-state index contributed by atoms with van der Waals surface area (Å²) >= 11 is 0. The smallest absolute Gasteiger partial charge is 0.132 e. The number of hydrogen-bond donors (Lipinski definition) is 1. The fourth-order valence-corrected chi connectivity index (χ4v) is 2.61. The second-order valence-corrected chi connectivity index (χ2v) is 4.97. The fraction of sp³-hybridized carbons (Fsp3) is 0.333. The quantitative estimate of drug-likeness (QED) is 0.629. The molecule has 1 N–H and O–H groups in total. The molecule has 19 heavy (non-hydrogen) atoms. The number of hydrogen-bond acceptors (Lipinski definition) is 4. The minimum absolute atomic E-state index is 0.810. The number of aryl methyl sites for hydroxylation is 1. The largest absolute Gasteiger partial charge is 0.411 e. The molecule has 1 fully saturated rings. The first kappa shape index (κ1) is 12.0. The molecule has 4 nitrogen and oxygen atoms in total. The Kier molecular flexibility index (Phi) is 3.07. The van der Waals surface area contributed by atoms with E-state index in [0.717, 1.165) is 43.0 Å². The van der Waals surface area contributed by atoms with E-state index < -0.39 is 0 Å². The Morgan fingerprint density at radius 1 is 1.21 bits per heavy atom. The Balaban J connectivity index is 1.94. The molecule has 0 amide bonds. The summed E-state index contributed by atoms with van der Waals surface area (Å²) in [6, 6.07) is 10.4. The topological polar surface area (TPSA) is 48.7 Å². The molecule has 1 saturated heterocycles. The zero-order valence-corrected chi connectivity index (χ0v) is 11.0. The van der Waals surface area contributed by atoms with Crippen LogP contribution in [0.15, 0.2) is 35.5 Å². The maximum absolute atomic E-state index is 8.80. The Morgan fingerprint density at radius 2 is 1.95 bits per heavy atom. The Morgan fingerprint density at radius 3 is 2.68 bits per heavy atom. The van der Waals surface area contributed by atoms with Gasteiger partial charge in [-0.2, -0.15) is 0 Å². The van der Waals surface area contributed by atoms with Crippen LogP contribution in [0.3, 0.4) is 0 Å². The maximum Gasteiger partial charge on any atom is 0.132 e. The number of pyridine rings is 1. The lowest BCUT2D eigenvalue weighted by Crippen LogP contribution is -2.34. The number of benzene rings is 1. The molecular formula is C15H17N3O. The normalized spacial score (nSPS) is 15.8. The van der Waals surface area contributed by atoms with Crippen LogP contribution >= 0.6 is 0 Å². The number of oxime groups is 1. The number of aromatic nitrogens is 1. The number of piperidine rings is 1. The minimum Gasteiger partial charge on any atom is -0.411 e. The van der Waals surface area contributed by atoms with Crippen LogP contribution in [0.25, 0.3) is 10.9 Å². The highest BCUT2D eigenvalue weighted by molar-refractivity contribution is 5.86. The highest BCUT2D eigenvalue weighted by atomic mass is 16.4. The van der Waals surface area contributed by atoms with Crippen molar-refractivity contribution in [3.05, 3.63) is 35.9 Å². The Hall–Kier alpha value is -2.10. The van der Waals surface area contributed by atoms with E-state index in [0.29, 0.717) is 0 Å². The van der Waals surface area contributed by atoms with Gasteiger partial charge in [-0.05, 0) is 24.6 Å². The van der Waals surface area contributed by atoms with Crippen LogP contribution in [-0.2, 0) is 0 Å². The van der Waals surface area contributed by atoms with Crippen molar-refractivity contribution in [3.8, 4) is 0 Å². The molecule has 1 aliphatic rings. The summed E-state index contributed by atoms with van der Waals surface area (Å²) in [4.78, 5) is 7.05. The van der Waals surface area contributed by atoms with E-state index in [1.807, 2.05) is 18.2 Å². The van der Waals surface area contributed by atoms with E-state index in [9.17, 15) is 0 Å². The van der Waals surface area contributed by atoms with E-state index in [1.165, 1.54) is 10.9 Å². The van der Waals surface area contributed by atoms with Gasteiger partial charge >= 0.3 is 0 Å². The first-order valence-electron chi connectivity index (χ1n) is 6.59. The molecule has 0 unspecified atom stereocenters. The highest BCUT2D eigenvalue weighted by Crippen LogP contribution is 2.24. The van der Waals surface area contributed by atoms with E-state index >= 15 is 0 Å². The van der Waals surface area contributed by atoms with E-state index in [2.05, 4.69) is 29.1 Å². The molecule has 0 aliphatic carbocycles. The summed E-state index contributed by atoms with van der Waals surface area (Å²) in [6.07, 6.45) is 1.62. The summed E-state index contributed by atoms with van der Waals surface area (Å²) in [7, 11) is 0. The highest BCUT2D eigenvalue weighted by Gasteiger charge is 2.18. The van der Waals surface area contributed by atoms with Gasteiger partial charge in [0, 0.05) is 31.3 Å². The van der Waals surface area contributed by atoms with Gasteiger partial charge in [0.05, 0.1) is 11.2 Å². The summed E-state index contributed by atoms with van der Waals surface area (Å²) in [5.74, 6) is 1.05. The molecule has 0 bridgehead atoms. The van der Waals surface area contributed by atoms with Crippen molar-refractivity contribution in [2.24, 2.45) is 5.16 Å². The average Bonchev–Trinajstić information content (AvgIpc) is 2.47. The van der Waals surface area contributed by atoms with Crippen molar-refractivity contribution in [1.82, 2.24) is 4.98 Å². The Bertz CT molecular complexity index is 626. The van der Waals surface area contributed by atoms with Crippen LogP contribution in [0.1, 0.15) is 18.4 Å². The molecule has 0 atom stereocenters. The summed E-state index contributed by atoms with van der Waals surface area (Å²) in [5.41, 5.74) is 3.11. The number of anilines is 1. The van der Waals surface area contributed by atoms with Crippen molar-refractivity contribution >= 4 is 22.4 Å². The maximum atomic E-state index is 8.80. The third-order valence-corrected chi connectivity index (χ3v) is 3.67. The molecule has 1 aromatic carbocycles. The molecule has 2 aromatic rings. The fourth-order valence-electron chi connectivity index (χ4n) is 2.61. The summed E-state index contributed by atoms with van der Waals surface area (Å²) < 4.78 is 0. The van der Waals surface area contributed by atoms with Crippen molar-refractivity contribution in [1.29, 1.82) is 0 Å². The average molecular weight is 255 g/mol. The van der Waals surface area contributed by atoms with Gasteiger partial charge in [0.15, 0.2) is 0 Å². The third-order valence-electron chi connectivity index (χ3n) is 3.67. The number of nitrogens with zero attached hydrogens (tertiary/aromatic N) is 3. The molecule has 0 spiro atoms. The Labute approximate surface area is 112 Å². The lowest BCUT2D eigenvalue weighted by Gasteiger charge is -2.29. The van der Waals surface area contributed by atoms with Gasteiger partial charge in [0.2, 0.25) is 0 Å². The summed E-state index contributed by atoms with van der Waals surface area (Å²) in [6.45, 7) is 3.83. The molecule has 1 aromatic heterocycles. The van der Waals surface area contributed by atoms with Gasteiger partial charge in [-0.3, -0.25) is 0 Å². The van der Waals surface area contributed by atoms with Crippen LogP contribution in [0.4, 0.5) is 5.82 Å². The van der Waals surface area contributed by atoms with Crippen molar-refractivity contribution in [2.45, 2.75) is 19.8 Å². The van der Waals surface area contributed by atoms with Gasteiger partial charge in [0.25, 0.3) is 0 Å². The van der Waals surface area contributed by atoms with E-state index in [4.69, 9.17) is 10.2 Å². The summed E-state index contributed by atoms with van der Waals surface area (Å²) in [5, 5.41) is 13.3. The van der Waals surface area contributed by atoms with Gasteiger partial charge in [-0.25, -0.2) is 4.98 Å². The molecular weight excluding hydrogens is 238 g/mol. The van der Waals surface area contributed by atoms with Crippen LogP contribution in [0.5, 0.6) is 0 Å². The lowest BCUT2D eigenvalue weighted by atomic mass is 10.1.